The predicted molar refractivity (Wildman–Crippen MR) is 88.9 cm³/mol. The van der Waals surface area contributed by atoms with Gasteiger partial charge in [-0.05, 0) is 25.0 Å². The van der Waals surface area contributed by atoms with Crippen LogP contribution in [-0.4, -0.2) is 44.2 Å². The lowest BCUT2D eigenvalue weighted by molar-refractivity contribution is 0.000760. The van der Waals surface area contributed by atoms with E-state index in [4.69, 9.17) is 0 Å². The molecule has 2 aromatic heterocycles. The van der Waals surface area contributed by atoms with E-state index in [1.807, 2.05) is 17.0 Å². The second-order valence-corrected chi connectivity index (χ2v) is 6.92. The van der Waals surface area contributed by atoms with Gasteiger partial charge >= 0.3 is 6.03 Å². The number of likely N-dealkylation sites (tertiary alicyclic amines) is 1. The zero-order valence-electron chi connectivity index (χ0n) is 13.7. The Morgan fingerprint density at radius 2 is 1.96 bits per heavy atom. The van der Waals surface area contributed by atoms with Crippen LogP contribution in [0.1, 0.15) is 37.9 Å². The average Bonchev–Trinajstić information content (AvgIpc) is 3.08. The third kappa shape index (κ3) is 2.98. The number of nitrogens with one attached hydrogen (secondary N) is 2. The van der Waals surface area contributed by atoms with Crippen molar-refractivity contribution in [1.29, 1.82) is 0 Å². The summed E-state index contributed by atoms with van der Waals surface area (Å²) in [4.78, 5) is 22.5. The molecule has 7 nitrogen and oxygen atoms in total. The number of carbonyl (C=O) groups is 1. The van der Waals surface area contributed by atoms with E-state index in [0.29, 0.717) is 23.6 Å². The first-order valence-electron chi connectivity index (χ1n) is 8.59. The molecule has 0 bridgehead atoms. The molecule has 7 heteroatoms. The van der Waals surface area contributed by atoms with Crippen LogP contribution in [0.4, 0.5) is 4.79 Å². The molecule has 0 atom stereocenters. The van der Waals surface area contributed by atoms with Gasteiger partial charge in [0.05, 0.1) is 6.54 Å². The molecule has 2 aromatic rings. The van der Waals surface area contributed by atoms with Crippen LogP contribution < -0.4 is 5.32 Å². The van der Waals surface area contributed by atoms with Crippen LogP contribution >= 0.6 is 0 Å². The predicted octanol–water partition coefficient (Wildman–Crippen LogP) is 2.34. The van der Waals surface area contributed by atoms with Gasteiger partial charge in [-0.1, -0.05) is 19.3 Å². The molecule has 4 rings (SSSR count). The van der Waals surface area contributed by atoms with Gasteiger partial charge < -0.3 is 10.2 Å². The fourth-order valence-electron chi connectivity index (χ4n) is 3.80. The number of aromatic nitrogens is 4. The summed E-state index contributed by atoms with van der Waals surface area (Å²) < 4.78 is 0. The van der Waals surface area contributed by atoms with E-state index in [1.54, 1.807) is 12.4 Å². The van der Waals surface area contributed by atoms with E-state index in [2.05, 4.69) is 25.5 Å². The monoisotopic (exact) mass is 326 g/mol. The maximum absolute atomic E-state index is 12.2. The highest BCUT2D eigenvalue weighted by Crippen LogP contribution is 2.43. The van der Waals surface area contributed by atoms with E-state index in [-0.39, 0.29) is 6.03 Å². The number of urea groups is 1. The second kappa shape index (κ2) is 6.22. The van der Waals surface area contributed by atoms with E-state index < -0.39 is 0 Å². The summed E-state index contributed by atoms with van der Waals surface area (Å²) in [6, 6.07) is 3.71. The molecule has 1 aliphatic carbocycles. The van der Waals surface area contributed by atoms with Crippen LogP contribution in [0, 0.1) is 5.41 Å². The minimum atomic E-state index is -0.00643. The zero-order valence-corrected chi connectivity index (χ0v) is 13.7. The van der Waals surface area contributed by atoms with E-state index in [1.165, 1.54) is 32.1 Å². The van der Waals surface area contributed by atoms with Gasteiger partial charge in [-0.2, -0.15) is 5.10 Å². The number of H-pyrrole nitrogens is 1. The largest absolute Gasteiger partial charge is 0.331 e. The van der Waals surface area contributed by atoms with Gasteiger partial charge in [-0.15, -0.1) is 0 Å². The number of aromatic amines is 1. The smallest absolute Gasteiger partial charge is 0.317 e. The summed E-state index contributed by atoms with van der Waals surface area (Å²) in [6.07, 6.45) is 9.93. The molecule has 0 aromatic carbocycles. The van der Waals surface area contributed by atoms with E-state index in [9.17, 15) is 4.79 Å². The highest BCUT2D eigenvalue weighted by Gasteiger charge is 2.45. The summed E-state index contributed by atoms with van der Waals surface area (Å²) in [5, 5.41) is 9.99. The Labute approximate surface area is 140 Å². The van der Waals surface area contributed by atoms with Gasteiger partial charge in [0.1, 0.15) is 5.82 Å². The van der Waals surface area contributed by atoms with Crippen LogP contribution in [0.3, 0.4) is 0 Å². The third-order valence-electron chi connectivity index (χ3n) is 5.13. The van der Waals surface area contributed by atoms with E-state index >= 15 is 0 Å². The van der Waals surface area contributed by atoms with Crippen LogP contribution in [-0.2, 0) is 6.54 Å². The van der Waals surface area contributed by atoms with Gasteiger partial charge in [-0.3, -0.25) is 10.1 Å². The highest BCUT2D eigenvalue weighted by atomic mass is 16.2. The molecule has 2 aliphatic rings. The number of pyridine rings is 1. The van der Waals surface area contributed by atoms with Crippen molar-refractivity contribution in [3.05, 3.63) is 30.4 Å². The average molecular weight is 326 g/mol. The lowest BCUT2D eigenvalue weighted by Gasteiger charge is -2.52. The molecule has 1 saturated carbocycles. The minimum absolute atomic E-state index is 0.00643. The molecular weight excluding hydrogens is 304 g/mol. The molecule has 3 heterocycles. The number of carbonyl (C=O) groups excluding carboxylic acids is 1. The highest BCUT2D eigenvalue weighted by molar-refractivity contribution is 5.75. The Morgan fingerprint density at radius 3 is 2.71 bits per heavy atom. The van der Waals surface area contributed by atoms with Crippen LogP contribution in [0.25, 0.3) is 11.4 Å². The molecular formula is C17H22N6O. The fraction of sp³-hybridized carbons (Fsp3) is 0.529. The Balaban J connectivity index is 1.28. The Bertz CT molecular complexity index is 699. The molecule has 24 heavy (non-hydrogen) atoms. The van der Waals surface area contributed by atoms with Gasteiger partial charge in [0.15, 0.2) is 5.82 Å². The number of hydrogen-bond acceptors (Lipinski definition) is 4. The van der Waals surface area contributed by atoms with Crippen molar-refractivity contribution in [1.82, 2.24) is 30.4 Å². The number of rotatable bonds is 3. The summed E-state index contributed by atoms with van der Waals surface area (Å²) in [6.45, 7) is 2.16. The summed E-state index contributed by atoms with van der Waals surface area (Å²) in [5.41, 5.74) is 1.32. The molecule has 126 valence electrons. The molecule has 2 N–H and O–H groups in total. The zero-order chi connectivity index (χ0) is 16.4. The first-order valence-corrected chi connectivity index (χ1v) is 8.59. The van der Waals surface area contributed by atoms with Gasteiger partial charge in [0, 0.05) is 36.5 Å². The second-order valence-electron chi connectivity index (χ2n) is 6.92. The first-order chi connectivity index (χ1) is 11.7. The Morgan fingerprint density at radius 1 is 1.21 bits per heavy atom. The van der Waals surface area contributed by atoms with E-state index in [0.717, 1.165) is 18.7 Å². The van der Waals surface area contributed by atoms with Crippen molar-refractivity contribution in [3.8, 4) is 11.4 Å². The fourth-order valence-corrected chi connectivity index (χ4v) is 3.80. The van der Waals surface area contributed by atoms with Crippen LogP contribution in [0.2, 0.25) is 0 Å². The molecule has 0 unspecified atom stereocenters. The Hall–Kier alpha value is -2.44. The van der Waals surface area contributed by atoms with Crippen molar-refractivity contribution in [2.45, 2.75) is 38.6 Å². The molecule has 2 amide bonds. The lowest BCUT2D eigenvalue weighted by atomic mass is 9.69. The summed E-state index contributed by atoms with van der Waals surface area (Å²) >= 11 is 0. The quantitative estimate of drug-likeness (QED) is 0.906. The number of nitrogens with zero attached hydrogens (tertiary/aromatic N) is 4. The minimum Gasteiger partial charge on any atom is -0.331 e. The molecule has 1 saturated heterocycles. The van der Waals surface area contributed by atoms with Crippen LogP contribution in [0.5, 0.6) is 0 Å². The van der Waals surface area contributed by atoms with Crippen molar-refractivity contribution in [2.24, 2.45) is 5.41 Å². The Kier molecular flexibility index (Phi) is 3.92. The molecule has 2 fully saturated rings. The van der Waals surface area contributed by atoms with Crippen molar-refractivity contribution in [3.63, 3.8) is 0 Å². The maximum Gasteiger partial charge on any atom is 0.317 e. The maximum atomic E-state index is 12.2. The van der Waals surface area contributed by atoms with Gasteiger partial charge in [0.2, 0.25) is 0 Å². The molecule has 0 radical (unpaired) electrons. The van der Waals surface area contributed by atoms with Crippen LogP contribution in [0.15, 0.2) is 24.5 Å². The molecule has 1 spiro atoms. The van der Waals surface area contributed by atoms with Gasteiger partial charge in [-0.25, -0.2) is 9.78 Å². The molecule has 1 aliphatic heterocycles. The topological polar surface area (TPSA) is 86.8 Å². The van der Waals surface area contributed by atoms with Crippen molar-refractivity contribution < 1.29 is 4.79 Å². The normalized spacial score (nSPS) is 19.1. The third-order valence-corrected chi connectivity index (χ3v) is 5.13. The summed E-state index contributed by atoms with van der Waals surface area (Å²) in [7, 11) is 0. The van der Waals surface area contributed by atoms with Crippen molar-refractivity contribution >= 4 is 6.03 Å². The summed E-state index contributed by atoms with van der Waals surface area (Å²) in [5.74, 6) is 1.27. The standard InChI is InChI=1S/C17H22N6O/c24-16(23-11-17(12-23)6-2-1-3-7-17)19-10-14-20-15(22-21-14)13-4-8-18-9-5-13/h4-5,8-9H,1-3,6-7,10-12H2,(H,19,24)(H,20,21,22). The lowest BCUT2D eigenvalue weighted by Crippen LogP contribution is -2.61. The van der Waals surface area contributed by atoms with Gasteiger partial charge in [0.25, 0.3) is 0 Å². The SMILES string of the molecule is O=C(NCc1nc(-c2ccncc2)n[nH]1)N1CC2(CCCCC2)C1. The number of hydrogen-bond donors (Lipinski definition) is 2. The number of amides is 2. The van der Waals surface area contributed by atoms with Crippen molar-refractivity contribution in [2.75, 3.05) is 13.1 Å². The first kappa shape index (κ1) is 15.1.